The fourth-order valence-corrected chi connectivity index (χ4v) is 9.74. The Bertz CT molecular complexity index is 2040. The number of carboxylic acids is 1. The van der Waals surface area contributed by atoms with E-state index in [1.165, 1.54) is 43.0 Å². The Hall–Kier alpha value is -4.64. The van der Waals surface area contributed by atoms with Gasteiger partial charge in [0.05, 0.1) is 22.6 Å². The highest BCUT2D eigenvalue weighted by Gasteiger charge is 2.51. The first-order chi connectivity index (χ1) is 21.9. The Labute approximate surface area is 263 Å². The molecule has 5 aromatic heterocycles. The predicted molar refractivity (Wildman–Crippen MR) is 173 cm³/mol. The number of hydrogen-bond acceptors (Lipinski definition) is 8. The van der Waals surface area contributed by atoms with E-state index in [-0.39, 0.29) is 5.69 Å². The number of hydrogen-bond donors (Lipinski definition) is 2. The number of aromatic nitrogens is 7. The lowest BCUT2D eigenvalue weighted by molar-refractivity contribution is -0.0638. The molecule has 4 bridgehead atoms. The number of carboxylic acid groups (broad SMARTS) is 1. The number of benzene rings is 1. The lowest BCUT2D eigenvalue weighted by Crippen LogP contribution is -2.48. The van der Waals surface area contributed by atoms with Gasteiger partial charge in [-0.25, -0.2) is 24.3 Å². The molecule has 0 radical (unpaired) electrons. The van der Waals surface area contributed by atoms with E-state index in [9.17, 15) is 9.90 Å². The van der Waals surface area contributed by atoms with Gasteiger partial charge >= 0.3 is 5.97 Å². The van der Waals surface area contributed by atoms with Gasteiger partial charge in [-0.05, 0) is 92.9 Å². The molecule has 4 aliphatic carbocycles. The van der Waals surface area contributed by atoms with Crippen LogP contribution in [0.15, 0.2) is 61.2 Å². The number of nitrogens with one attached hydrogen (secondary N) is 1. The summed E-state index contributed by atoms with van der Waals surface area (Å²) >= 11 is 1.57. The van der Waals surface area contributed by atoms with Gasteiger partial charge in [-0.15, -0.1) is 0 Å². The quantitative estimate of drug-likeness (QED) is 0.193. The average Bonchev–Trinajstić information content (AvgIpc) is 3.73. The molecular formula is C34H32N8O2S. The summed E-state index contributed by atoms with van der Waals surface area (Å²) in [6.45, 7) is 2.95. The Morgan fingerprint density at radius 2 is 1.69 bits per heavy atom. The SMILES string of the molecule is Cc1c(-c2cnc3c(-c4ccc(Nc5nc6ccccc6s5)nc4)cnn3c2C(=O)O)cnn1CC12CC3CC(CC(C3)C1)C2. The molecule has 5 heterocycles. The fourth-order valence-electron chi connectivity index (χ4n) is 8.87. The zero-order chi connectivity index (χ0) is 30.3. The molecule has 4 aliphatic rings. The van der Waals surface area contributed by atoms with Crippen molar-refractivity contribution in [2.75, 3.05) is 5.32 Å². The smallest absolute Gasteiger partial charge is 0.355 e. The van der Waals surface area contributed by atoms with Crippen molar-refractivity contribution in [3.05, 3.63) is 72.6 Å². The molecule has 0 saturated heterocycles. The minimum atomic E-state index is -1.06. The van der Waals surface area contributed by atoms with Gasteiger partial charge in [-0.3, -0.25) is 4.68 Å². The summed E-state index contributed by atoms with van der Waals surface area (Å²) in [4.78, 5) is 26.6. The van der Waals surface area contributed by atoms with Crippen molar-refractivity contribution in [3.63, 3.8) is 0 Å². The monoisotopic (exact) mass is 616 g/mol. The van der Waals surface area contributed by atoms with Gasteiger partial charge < -0.3 is 10.4 Å². The Morgan fingerprint density at radius 3 is 2.40 bits per heavy atom. The van der Waals surface area contributed by atoms with Gasteiger partial charge in [0, 0.05) is 46.9 Å². The summed E-state index contributed by atoms with van der Waals surface area (Å²) in [5, 5.41) is 23.7. The zero-order valence-corrected chi connectivity index (χ0v) is 25.7. The molecule has 0 aliphatic heterocycles. The van der Waals surface area contributed by atoms with E-state index in [0.717, 1.165) is 56.5 Å². The Morgan fingerprint density at radius 1 is 0.933 bits per heavy atom. The number of aromatic carboxylic acids is 1. The molecule has 4 saturated carbocycles. The van der Waals surface area contributed by atoms with Crippen molar-refractivity contribution in [3.8, 4) is 22.3 Å². The molecule has 0 unspecified atom stereocenters. The molecule has 0 amide bonds. The van der Waals surface area contributed by atoms with Crippen LogP contribution in [0.1, 0.15) is 54.7 Å². The number of anilines is 2. The van der Waals surface area contributed by atoms with Crippen LogP contribution in [0, 0.1) is 30.1 Å². The second-order valence-corrected chi connectivity index (χ2v) is 14.4. The van der Waals surface area contributed by atoms with Crippen LogP contribution >= 0.6 is 11.3 Å². The number of pyridine rings is 1. The minimum absolute atomic E-state index is 0.0748. The third-order valence-electron chi connectivity index (χ3n) is 10.4. The van der Waals surface area contributed by atoms with Gasteiger partial charge in [-0.2, -0.15) is 10.2 Å². The summed E-state index contributed by atoms with van der Waals surface area (Å²) in [6.07, 6.45) is 15.0. The molecule has 2 N–H and O–H groups in total. The number of thiazole rings is 1. The maximum absolute atomic E-state index is 12.7. The standard InChI is InChI=1S/C34H32N8O2S/c1-19-24(16-37-41(19)18-34-11-20-8-21(12-34)10-22(9-20)13-34)26-15-36-31-25(17-38-42(31)30(26)32(43)44)23-6-7-29(35-14-23)40-33-39-27-4-2-3-5-28(27)45-33/h2-7,14-17,20-22H,8-13,18H2,1H3,(H,43,44)(H,35,39,40). The molecule has 1 aromatic carbocycles. The maximum Gasteiger partial charge on any atom is 0.355 e. The summed E-state index contributed by atoms with van der Waals surface area (Å²) in [5.41, 5.74) is 5.58. The van der Waals surface area contributed by atoms with Crippen LogP contribution in [0.4, 0.5) is 10.9 Å². The van der Waals surface area contributed by atoms with Crippen LogP contribution in [0.3, 0.4) is 0 Å². The lowest BCUT2D eigenvalue weighted by Gasteiger charge is -2.56. The van der Waals surface area contributed by atoms with E-state index >= 15 is 0 Å². The van der Waals surface area contributed by atoms with Gasteiger partial charge in [0.2, 0.25) is 0 Å². The van der Waals surface area contributed by atoms with Crippen LogP contribution in [-0.4, -0.2) is 45.4 Å². The first-order valence-electron chi connectivity index (χ1n) is 15.6. The maximum atomic E-state index is 12.7. The molecule has 4 fully saturated rings. The number of nitrogens with zero attached hydrogens (tertiary/aromatic N) is 7. The van der Waals surface area contributed by atoms with Crippen LogP contribution in [0.25, 0.3) is 38.1 Å². The van der Waals surface area contributed by atoms with Crippen molar-refractivity contribution in [1.82, 2.24) is 34.3 Å². The molecule has 11 heteroatoms. The fraction of sp³-hybridized carbons (Fsp3) is 0.353. The number of rotatable bonds is 7. The molecule has 6 aromatic rings. The number of para-hydroxylation sites is 1. The molecular weight excluding hydrogens is 584 g/mol. The largest absolute Gasteiger partial charge is 0.476 e. The highest BCUT2D eigenvalue weighted by Crippen LogP contribution is 2.60. The summed E-state index contributed by atoms with van der Waals surface area (Å²) in [7, 11) is 0. The molecule has 226 valence electrons. The molecule has 0 atom stereocenters. The number of fused-ring (bicyclic) bond motifs is 2. The Balaban J connectivity index is 1.01. The minimum Gasteiger partial charge on any atom is -0.476 e. The predicted octanol–water partition coefficient (Wildman–Crippen LogP) is 7.23. The third-order valence-corrected chi connectivity index (χ3v) is 11.3. The first kappa shape index (κ1) is 26.7. The van der Waals surface area contributed by atoms with E-state index in [4.69, 9.17) is 10.1 Å². The van der Waals surface area contributed by atoms with Crippen molar-refractivity contribution in [1.29, 1.82) is 0 Å². The summed E-state index contributed by atoms with van der Waals surface area (Å²) < 4.78 is 4.64. The van der Waals surface area contributed by atoms with Crippen molar-refractivity contribution in [2.45, 2.75) is 52.0 Å². The molecule has 10 rings (SSSR count). The van der Waals surface area contributed by atoms with E-state index in [0.29, 0.717) is 28.0 Å². The molecule has 10 nitrogen and oxygen atoms in total. The van der Waals surface area contributed by atoms with E-state index in [1.807, 2.05) is 43.3 Å². The summed E-state index contributed by atoms with van der Waals surface area (Å²) in [6, 6.07) is 11.8. The van der Waals surface area contributed by atoms with Crippen LogP contribution < -0.4 is 5.32 Å². The second kappa shape index (κ2) is 9.93. The van der Waals surface area contributed by atoms with Crippen LogP contribution in [-0.2, 0) is 6.54 Å². The van der Waals surface area contributed by atoms with Crippen LogP contribution in [0.2, 0.25) is 0 Å². The van der Waals surface area contributed by atoms with Crippen molar-refractivity contribution >= 4 is 44.1 Å². The highest BCUT2D eigenvalue weighted by molar-refractivity contribution is 7.22. The van der Waals surface area contributed by atoms with Crippen molar-refractivity contribution < 1.29 is 9.90 Å². The zero-order valence-electron chi connectivity index (χ0n) is 24.8. The average molecular weight is 617 g/mol. The van der Waals surface area contributed by atoms with E-state index < -0.39 is 5.97 Å². The van der Waals surface area contributed by atoms with Gasteiger partial charge in [0.25, 0.3) is 0 Å². The first-order valence-corrected chi connectivity index (χ1v) is 16.4. The van der Waals surface area contributed by atoms with Gasteiger partial charge in [0.15, 0.2) is 16.5 Å². The second-order valence-electron chi connectivity index (χ2n) is 13.4. The normalized spacial score (nSPS) is 23.7. The highest BCUT2D eigenvalue weighted by atomic mass is 32.1. The van der Waals surface area contributed by atoms with E-state index in [1.54, 1.807) is 36.1 Å². The molecule has 45 heavy (non-hydrogen) atoms. The van der Waals surface area contributed by atoms with Gasteiger partial charge in [-0.1, -0.05) is 23.5 Å². The van der Waals surface area contributed by atoms with Crippen molar-refractivity contribution in [2.24, 2.45) is 23.2 Å². The summed E-state index contributed by atoms with van der Waals surface area (Å²) in [5.74, 6) is 2.21. The Kier molecular flexibility index (Phi) is 5.90. The van der Waals surface area contributed by atoms with Gasteiger partial charge in [0.1, 0.15) is 5.82 Å². The third kappa shape index (κ3) is 4.43. The topological polar surface area (TPSA) is 123 Å². The van der Waals surface area contributed by atoms with Crippen LogP contribution in [0.5, 0.6) is 0 Å². The number of carbonyl (C=O) groups is 1. The molecule has 0 spiro atoms. The lowest BCUT2D eigenvalue weighted by atomic mass is 9.49. The van der Waals surface area contributed by atoms with E-state index in [2.05, 4.69) is 25.1 Å².